The first-order chi connectivity index (χ1) is 9.86. The number of nitrogens with one attached hydrogen (secondary N) is 2. The van der Waals surface area contributed by atoms with Crippen LogP contribution in [-0.4, -0.2) is 63.5 Å². The van der Waals surface area contributed by atoms with Gasteiger partial charge in [-0.3, -0.25) is 4.99 Å². The van der Waals surface area contributed by atoms with Gasteiger partial charge in [-0.15, -0.1) is 24.0 Å². The van der Waals surface area contributed by atoms with E-state index in [1.54, 1.807) is 7.11 Å². The normalized spacial score (nSPS) is 18.4. The number of methoxy groups -OCH3 is 1. The van der Waals surface area contributed by atoms with Crippen molar-refractivity contribution >= 4 is 41.7 Å². The number of rotatable bonds is 10. The maximum atomic E-state index is 5.43. The van der Waals surface area contributed by atoms with Crippen LogP contribution in [0.15, 0.2) is 4.99 Å². The van der Waals surface area contributed by atoms with Crippen LogP contribution < -0.4 is 10.6 Å². The van der Waals surface area contributed by atoms with E-state index in [1.165, 1.54) is 18.6 Å². The SMILES string of the molecule is CCNC(=NCC1CCCS1)NCCCOCCOC.I. The Balaban J connectivity index is 0.00000400. The molecule has 1 heterocycles. The Morgan fingerprint density at radius 2 is 2.14 bits per heavy atom. The maximum Gasteiger partial charge on any atom is 0.191 e. The standard InChI is InChI=1S/C14H29N3O2S.HI/c1-3-15-14(17-12-13-6-4-11-20-13)16-7-5-8-19-10-9-18-2;/h13H,3-12H2,1-2H3,(H2,15,16,17);1H. The van der Waals surface area contributed by atoms with Crippen molar-refractivity contribution in [3.8, 4) is 0 Å². The second-order valence-electron chi connectivity index (χ2n) is 4.74. The van der Waals surface area contributed by atoms with Gasteiger partial charge < -0.3 is 20.1 Å². The molecule has 1 fully saturated rings. The summed E-state index contributed by atoms with van der Waals surface area (Å²) in [6.45, 7) is 6.89. The van der Waals surface area contributed by atoms with E-state index in [0.717, 1.165) is 38.6 Å². The number of hydrogen-bond acceptors (Lipinski definition) is 4. The average Bonchev–Trinajstić information content (AvgIpc) is 2.97. The molecule has 1 atom stereocenters. The van der Waals surface area contributed by atoms with Gasteiger partial charge in [0.15, 0.2) is 5.96 Å². The second-order valence-corrected chi connectivity index (χ2v) is 6.15. The van der Waals surface area contributed by atoms with Gasteiger partial charge in [0.25, 0.3) is 0 Å². The van der Waals surface area contributed by atoms with Crippen LogP contribution in [0.4, 0.5) is 0 Å². The van der Waals surface area contributed by atoms with Crippen LogP contribution in [0.3, 0.4) is 0 Å². The van der Waals surface area contributed by atoms with Crippen molar-refractivity contribution in [1.82, 2.24) is 10.6 Å². The first-order valence-electron chi connectivity index (χ1n) is 7.57. The largest absolute Gasteiger partial charge is 0.382 e. The number of nitrogens with zero attached hydrogens (tertiary/aromatic N) is 1. The van der Waals surface area contributed by atoms with Gasteiger partial charge in [-0.2, -0.15) is 11.8 Å². The Hall–Kier alpha value is 0.270. The molecule has 1 aliphatic heterocycles. The van der Waals surface area contributed by atoms with Crippen molar-refractivity contribution in [2.24, 2.45) is 4.99 Å². The molecule has 5 nitrogen and oxygen atoms in total. The zero-order valence-electron chi connectivity index (χ0n) is 13.2. The average molecular weight is 431 g/mol. The molecule has 0 aromatic rings. The summed E-state index contributed by atoms with van der Waals surface area (Å²) in [5.74, 6) is 2.22. The fraction of sp³-hybridized carbons (Fsp3) is 0.929. The van der Waals surface area contributed by atoms with Gasteiger partial charge in [0.1, 0.15) is 0 Å². The number of guanidine groups is 1. The Kier molecular flexibility index (Phi) is 15.4. The van der Waals surface area contributed by atoms with Crippen molar-refractivity contribution < 1.29 is 9.47 Å². The number of hydrogen-bond donors (Lipinski definition) is 2. The molecule has 1 aliphatic rings. The van der Waals surface area contributed by atoms with E-state index in [2.05, 4.69) is 22.5 Å². The highest BCUT2D eigenvalue weighted by Gasteiger charge is 2.14. The predicted molar refractivity (Wildman–Crippen MR) is 102 cm³/mol. The third-order valence-corrected chi connectivity index (χ3v) is 4.39. The van der Waals surface area contributed by atoms with Gasteiger partial charge >= 0.3 is 0 Å². The lowest BCUT2D eigenvalue weighted by atomic mass is 10.2. The van der Waals surface area contributed by atoms with E-state index in [4.69, 9.17) is 9.47 Å². The van der Waals surface area contributed by atoms with Crippen molar-refractivity contribution in [3.05, 3.63) is 0 Å². The highest BCUT2D eigenvalue weighted by atomic mass is 127. The van der Waals surface area contributed by atoms with Crippen LogP contribution >= 0.6 is 35.7 Å². The molecule has 0 aromatic carbocycles. The van der Waals surface area contributed by atoms with Crippen molar-refractivity contribution in [3.63, 3.8) is 0 Å². The Bertz CT molecular complexity index is 265. The Morgan fingerprint density at radius 1 is 1.29 bits per heavy atom. The van der Waals surface area contributed by atoms with Gasteiger partial charge in [-0.05, 0) is 31.9 Å². The highest BCUT2D eigenvalue weighted by molar-refractivity contribution is 14.0. The molecular weight excluding hydrogens is 401 g/mol. The molecule has 0 aliphatic carbocycles. The predicted octanol–water partition coefficient (Wildman–Crippen LogP) is 2.11. The minimum atomic E-state index is 0. The van der Waals surface area contributed by atoms with Gasteiger partial charge in [0.2, 0.25) is 0 Å². The van der Waals surface area contributed by atoms with Crippen molar-refractivity contribution in [2.45, 2.75) is 31.4 Å². The van der Waals surface area contributed by atoms with Crippen LogP contribution in [0.25, 0.3) is 0 Å². The molecule has 2 N–H and O–H groups in total. The Labute approximate surface area is 150 Å². The monoisotopic (exact) mass is 431 g/mol. The van der Waals surface area contributed by atoms with Gasteiger partial charge in [0, 0.05) is 32.1 Å². The maximum absolute atomic E-state index is 5.43. The van der Waals surface area contributed by atoms with E-state index in [-0.39, 0.29) is 24.0 Å². The van der Waals surface area contributed by atoms with E-state index in [9.17, 15) is 0 Å². The summed E-state index contributed by atoms with van der Waals surface area (Å²) in [6.07, 6.45) is 3.63. The number of halogens is 1. The molecule has 1 unspecified atom stereocenters. The van der Waals surface area contributed by atoms with Crippen LogP contribution in [0.1, 0.15) is 26.2 Å². The van der Waals surface area contributed by atoms with E-state index >= 15 is 0 Å². The van der Waals surface area contributed by atoms with Gasteiger partial charge in [0.05, 0.1) is 19.8 Å². The van der Waals surface area contributed by atoms with E-state index < -0.39 is 0 Å². The van der Waals surface area contributed by atoms with Crippen molar-refractivity contribution in [1.29, 1.82) is 0 Å². The molecular formula is C14H30IN3O2S. The first kappa shape index (κ1) is 21.3. The molecule has 21 heavy (non-hydrogen) atoms. The molecule has 0 saturated carbocycles. The molecule has 0 bridgehead atoms. The van der Waals surface area contributed by atoms with Crippen LogP contribution in [-0.2, 0) is 9.47 Å². The zero-order valence-corrected chi connectivity index (χ0v) is 16.4. The summed E-state index contributed by atoms with van der Waals surface area (Å²) in [6, 6.07) is 0. The molecule has 0 radical (unpaired) electrons. The van der Waals surface area contributed by atoms with Crippen molar-refractivity contribution in [2.75, 3.05) is 52.3 Å². The van der Waals surface area contributed by atoms with Crippen LogP contribution in [0, 0.1) is 0 Å². The third-order valence-electron chi connectivity index (χ3n) is 3.01. The van der Waals surface area contributed by atoms with E-state index in [0.29, 0.717) is 18.5 Å². The summed E-state index contributed by atoms with van der Waals surface area (Å²) >= 11 is 2.05. The summed E-state index contributed by atoms with van der Waals surface area (Å²) in [5, 5.41) is 7.35. The molecule has 0 aromatic heterocycles. The quantitative estimate of drug-likeness (QED) is 0.240. The fourth-order valence-corrected chi connectivity index (χ4v) is 3.13. The zero-order chi connectivity index (χ0) is 14.5. The smallest absolute Gasteiger partial charge is 0.191 e. The number of aliphatic imine (C=N–C) groups is 1. The fourth-order valence-electron chi connectivity index (χ4n) is 1.95. The molecule has 0 spiro atoms. The van der Waals surface area contributed by atoms with Gasteiger partial charge in [-0.1, -0.05) is 0 Å². The highest BCUT2D eigenvalue weighted by Crippen LogP contribution is 2.25. The minimum absolute atomic E-state index is 0. The summed E-state index contributed by atoms with van der Waals surface area (Å²) in [4.78, 5) is 4.66. The topological polar surface area (TPSA) is 54.9 Å². The summed E-state index contributed by atoms with van der Waals surface area (Å²) < 4.78 is 10.4. The van der Waals surface area contributed by atoms with Crippen LogP contribution in [0.2, 0.25) is 0 Å². The molecule has 0 amide bonds. The lowest BCUT2D eigenvalue weighted by Gasteiger charge is -2.12. The number of ether oxygens (including phenoxy) is 2. The summed E-state index contributed by atoms with van der Waals surface area (Å²) in [7, 11) is 1.69. The lowest BCUT2D eigenvalue weighted by molar-refractivity contribution is 0.0698. The number of thioether (sulfide) groups is 1. The van der Waals surface area contributed by atoms with Crippen LogP contribution in [0.5, 0.6) is 0 Å². The lowest BCUT2D eigenvalue weighted by Crippen LogP contribution is -2.38. The minimum Gasteiger partial charge on any atom is -0.382 e. The molecule has 1 rings (SSSR count). The van der Waals surface area contributed by atoms with E-state index in [1.807, 2.05) is 11.8 Å². The molecule has 126 valence electrons. The molecule has 1 saturated heterocycles. The second kappa shape index (κ2) is 15.2. The third kappa shape index (κ3) is 11.5. The molecule has 7 heteroatoms. The van der Waals surface area contributed by atoms with Gasteiger partial charge in [-0.25, -0.2) is 0 Å². The first-order valence-corrected chi connectivity index (χ1v) is 8.62. The summed E-state index contributed by atoms with van der Waals surface area (Å²) in [5.41, 5.74) is 0. The Morgan fingerprint density at radius 3 is 2.81 bits per heavy atom.